The lowest BCUT2D eigenvalue weighted by Gasteiger charge is -2.63. The van der Waals surface area contributed by atoms with E-state index in [2.05, 4.69) is 41.1 Å². The molecule has 0 aromatic heterocycles. The van der Waals surface area contributed by atoms with Crippen LogP contribution >= 0.6 is 0 Å². The van der Waals surface area contributed by atoms with Crippen LogP contribution in [0.4, 0.5) is 0 Å². The van der Waals surface area contributed by atoms with Crippen LogP contribution in [0.5, 0.6) is 5.75 Å². The number of aromatic hydroxyl groups is 1. The SMILES string of the molecule is CCCC(C1CCC2(C)C3Cc4ccc(O)cc4C12CCN3CCCCCNC)N(C)C(=O)c1ccccc1. The fraction of sp³-hybridized carbons (Fsp3) is 0.618. The summed E-state index contributed by atoms with van der Waals surface area (Å²) in [6, 6.07) is 16.6. The summed E-state index contributed by atoms with van der Waals surface area (Å²) >= 11 is 0. The quantitative estimate of drug-likeness (QED) is 0.349. The second-order valence-electron chi connectivity index (χ2n) is 12.7. The lowest BCUT2D eigenvalue weighted by molar-refractivity contribution is -0.0634. The van der Waals surface area contributed by atoms with Crippen molar-refractivity contribution >= 4 is 5.91 Å². The van der Waals surface area contributed by atoms with Crippen LogP contribution in [0.25, 0.3) is 0 Å². The van der Waals surface area contributed by atoms with E-state index >= 15 is 0 Å². The van der Waals surface area contributed by atoms with Gasteiger partial charge in [0.15, 0.2) is 0 Å². The third-order valence-electron chi connectivity index (χ3n) is 10.8. The first-order valence-electron chi connectivity index (χ1n) is 15.4. The van der Waals surface area contributed by atoms with E-state index in [1.54, 1.807) is 0 Å². The van der Waals surface area contributed by atoms with Gasteiger partial charge in [0.2, 0.25) is 0 Å². The number of carbonyl (C=O) groups is 1. The van der Waals surface area contributed by atoms with Gasteiger partial charge in [-0.1, -0.05) is 51.0 Å². The number of amides is 1. The molecule has 2 aliphatic carbocycles. The first-order valence-corrected chi connectivity index (χ1v) is 15.4. The minimum Gasteiger partial charge on any atom is -0.508 e. The van der Waals surface area contributed by atoms with Crippen LogP contribution in [-0.2, 0) is 11.8 Å². The number of likely N-dealkylation sites (tertiary alicyclic amines) is 1. The number of carbonyl (C=O) groups excluding carboxylic acids is 1. The molecule has 3 aliphatic rings. The van der Waals surface area contributed by atoms with Crippen LogP contribution in [0, 0.1) is 11.3 Å². The van der Waals surface area contributed by atoms with Crippen LogP contribution in [0.15, 0.2) is 48.5 Å². The van der Waals surface area contributed by atoms with Crippen LogP contribution < -0.4 is 5.32 Å². The van der Waals surface area contributed by atoms with E-state index in [1.165, 1.54) is 43.4 Å². The summed E-state index contributed by atoms with van der Waals surface area (Å²) in [4.78, 5) is 18.6. The highest BCUT2D eigenvalue weighted by Crippen LogP contribution is 2.68. The van der Waals surface area contributed by atoms with E-state index < -0.39 is 0 Å². The molecule has 1 aliphatic heterocycles. The fourth-order valence-corrected chi connectivity index (χ4v) is 9.00. The number of phenols is 1. The number of hydrogen-bond donors (Lipinski definition) is 2. The zero-order chi connectivity index (χ0) is 27.6. The molecule has 2 N–H and O–H groups in total. The minimum absolute atomic E-state index is 0.0301. The molecule has 5 unspecified atom stereocenters. The van der Waals surface area contributed by atoms with Gasteiger partial charge >= 0.3 is 0 Å². The highest BCUT2D eigenvalue weighted by molar-refractivity contribution is 5.94. The van der Waals surface area contributed by atoms with Crippen molar-refractivity contribution in [2.45, 2.75) is 89.1 Å². The molecular formula is C34H49N3O2. The summed E-state index contributed by atoms with van der Waals surface area (Å²) < 4.78 is 0. The molecule has 2 aromatic rings. The second kappa shape index (κ2) is 11.6. The van der Waals surface area contributed by atoms with Crippen molar-refractivity contribution in [2.24, 2.45) is 11.3 Å². The molecule has 0 spiro atoms. The predicted octanol–water partition coefficient (Wildman–Crippen LogP) is 6.01. The molecule has 5 heteroatoms. The molecule has 1 saturated carbocycles. The Labute approximate surface area is 236 Å². The number of nitrogens with zero attached hydrogens (tertiary/aromatic N) is 2. The lowest BCUT2D eigenvalue weighted by Crippen LogP contribution is -2.67. The summed E-state index contributed by atoms with van der Waals surface area (Å²) in [6.45, 7) is 8.17. The fourth-order valence-electron chi connectivity index (χ4n) is 9.00. The third kappa shape index (κ3) is 4.80. The van der Waals surface area contributed by atoms with Crippen molar-refractivity contribution in [3.05, 3.63) is 65.2 Å². The van der Waals surface area contributed by atoms with Gasteiger partial charge in [-0.2, -0.15) is 0 Å². The summed E-state index contributed by atoms with van der Waals surface area (Å²) in [7, 11) is 4.07. The number of phenolic OH excluding ortho intramolecular Hbond substituents is 1. The summed E-state index contributed by atoms with van der Waals surface area (Å²) in [6.07, 6.45) is 10.3. The molecule has 2 bridgehead atoms. The molecule has 5 atom stereocenters. The maximum Gasteiger partial charge on any atom is 0.253 e. The molecule has 1 saturated heterocycles. The van der Waals surface area contributed by atoms with Gasteiger partial charge in [-0.15, -0.1) is 0 Å². The highest BCUT2D eigenvalue weighted by atomic mass is 16.3. The van der Waals surface area contributed by atoms with E-state index in [0.717, 1.165) is 50.8 Å². The Kier molecular flexibility index (Phi) is 8.40. The van der Waals surface area contributed by atoms with Crippen molar-refractivity contribution in [3.63, 3.8) is 0 Å². The van der Waals surface area contributed by atoms with Gasteiger partial charge in [0, 0.05) is 30.1 Å². The van der Waals surface area contributed by atoms with E-state index in [4.69, 9.17) is 0 Å². The Morgan fingerprint density at radius 3 is 2.69 bits per heavy atom. The highest BCUT2D eigenvalue weighted by Gasteiger charge is 2.67. The zero-order valence-electron chi connectivity index (χ0n) is 24.6. The number of benzene rings is 2. The van der Waals surface area contributed by atoms with Gasteiger partial charge in [0.05, 0.1) is 0 Å². The lowest BCUT2D eigenvalue weighted by atomic mass is 9.48. The Bertz CT molecular complexity index is 1140. The predicted molar refractivity (Wildman–Crippen MR) is 159 cm³/mol. The molecule has 1 heterocycles. The number of piperidine rings is 1. The van der Waals surface area contributed by atoms with E-state index in [9.17, 15) is 9.90 Å². The molecule has 5 rings (SSSR count). The number of hydrogen-bond acceptors (Lipinski definition) is 4. The first kappa shape index (κ1) is 28.2. The van der Waals surface area contributed by atoms with Crippen LogP contribution in [0.2, 0.25) is 0 Å². The van der Waals surface area contributed by atoms with Crippen LogP contribution in [-0.4, -0.2) is 66.6 Å². The monoisotopic (exact) mass is 531 g/mol. The number of unbranched alkanes of at least 4 members (excludes halogenated alkanes) is 2. The Morgan fingerprint density at radius 1 is 1.15 bits per heavy atom. The summed E-state index contributed by atoms with van der Waals surface area (Å²) in [5.74, 6) is 0.880. The molecule has 1 amide bonds. The Balaban J connectivity index is 1.51. The van der Waals surface area contributed by atoms with Crippen molar-refractivity contribution in [3.8, 4) is 5.75 Å². The molecule has 2 fully saturated rings. The molecular weight excluding hydrogens is 482 g/mol. The van der Waals surface area contributed by atoms with Crippen molar-refractivity contribution in [2.75, 3.05) is 33.7 Å². The molecule has 39 heavy (non-hydrogen) atoms. The van der Waals surface area contributed by atoms with E-state index in [0.29, 0.717) is 17.7 Å². The van der Waals surface area contributed by atoms with Gasteiger partial charge < -0.3 is 15.3 Å². The van der Waals surface area contributed by atoms with Crippen LogP contribution in [0.3, 0.4) is 0 Å². The Morgan fingerprint density at radius 2 is 1.95 bits per heavy atom. The molecule has 212 valence electrons. The van der Waals surface area contributed by atoms with Crippen molar-refractivity contribution < 1.29 is 9.90 Å². The average Bonchev–Trinajstić information content (AvgIpc) is 3.27. The maximum atomic E-state index is 13.7. The van der Waals surface area contributed by atoms with E-state index in [-0.39, 0.29) is 22.8 Å². The molecule has 0 radical (unpaired) electrons. The largest absolute Gasteiger partial charge is 0.508 e. The average molecular weight is 532 g/mol. The van der Waals surface area contributed by atoms with Gasteiger partial charge in [-0.3, -0.25) is 9.69 Å². The van der Waals surface area contributed by atoms with Gasteiger partial charge in [0.25, 0.3) is 5.91 Å². The topological polar surface area (TPSA) is 55.8 Å². The van der Waals surface area contributed by atoms with Gasteiger partial charge in [0.1, 0.15) is 5.75 Å². The first-order chi connectivity index (χ1) is 18.9. The second-order valence-corrected chi connectivity index (χ2v) is 12.7. The smallest absolute Gasteiger partial charge is 0.253 e. The van der Waals surface area contributed by atoms with Crippen molar-refractivity contribution in [1.82, 2.24) is 15.1 Å². The van der Waals surface area contributed by atoms with Gasteiger partial charge in [-0.05, 0) is 118 Å². The minimum atomic E-state index is -0.0301. The number of rotatable bonds is 11. The van der Waals surface area contributed by atoms with Crippen LogP contribution in [0.1, 0.15) is 86.7 Å². The number of fused-ring (bicyclic) bond motifs is 1. The summed E-state index contributed by atoms with van der Waals surface area (Å²) in [5, 5.41) is 14.0. The van der Waals surface area contributed by atoms with E-state index in [1.807, 2.05) is 50.5 Å². The standard InChI is InChI=1S/C34H49N3O2/c1-5-12-30(36(4)32(39)25-13-8-6-9-14-25)28-17-18-33(2)31-23-26-15-16-27(38)24-29(26)34(28,33)19-22-37(31)21-11-7-10-20-35-3/h6,8-9,13-16,24,28,30-31,35,38H,5,7,10-12,17-23H2,1-4H3. The normalized spacial score (nSPS) is 28.5. The molecule has 5 nitrogen and oxygen atoms in total. The molecule has 2 aromatic carbocycles. The maximum absolute atomic E-state index is 13.7. The Hall–Kier alpha value is -2.37. The zero-order valence-corrected chi connectivity index (χ0v) is 24.6. The third-order valence-corrected chi connectivity index (χ3v) is 10.8. The van der Waals surface area contributed by atoms with Crippen molar-refractivity contribution in [1.29, 1.82) is 0 Å². The van der Waals surface area contributed by atoms with Gasteiger partial charge in [-0.25, -0.2) is 0 Å². The number of nitrogens with one attached hydrogen (secondary N) is 1. The summed E-state index contributed by atoms with van der Waals surface area (Å²) in [5.41, 5.74) is 3.66.